The molecule has 5 heteroatoms. The van der Waals surface area contributed by atoms with E-state index in [9.17, 15) is 14.4 Å². The normalized spacial score (nSPS) is 22.1. The van der Waals surface area contributed by atoms with Gasteiger partial charge < -0.3 is 10.2 Å². The van der Waals surface area contributed by atoms with Crippen molar-refractivity contribution in [1.82, 2.24) is 0 Å². The lowest BCUT2D eigenvalue weighted by atomic mass is 10.2. The van der Waals surface area contributed by atoms with Gasteiger partial charge in [0.05, 0.1) is 12.3 Å². The van der Waals surface area contributed by atoms with Gasteiger partial charge in [0.2, 0.25) is 0 Å². The van der Waals surface area contributed by atoms with Crippen LogP contribution in [-0.2, 0) is 14.4 Å². The standard InChI is InChI=1S/C11H12O5/c12-9(13)4-2-1-3-7-8(11(7)16)5-6-10(14)15/h7-8H,2,4-6H2,(H,12,13)(H,14,15). The first-order chi connectivity index (χ1) is 7.52. The van der Waals surface area contributed by atoms with E-state index in [0.717, 1.165) is 0 Å². The van der Waals surface area contributed by atoms with Gasteiger partial charge in [-0.1, -0.05) is 5.92 Å². The van der Waals surface area contributed by atoms with E-state index in [0.29, 0.717) is 6.42 Å². The number of carboxylic acids is 2. The SMILES string of the molecule is O=C(O)CCC#CC1C(=O)C1CCC(=O)O. The Morgan fingerprint density at radius 1 is 1.19 bits per heavy atom. The van der Waals surface area contributed by atoms with Crippen LogP contribution in [-0.4, -0.2) is 27.9 Å². The topological polar surface area (TPSA) is 91.7 Å². The molecule has 16 heavy (non-hydrogen) atoms. The molecule has 2 N–H and O–H groups in total. The Morgan fingerprint density at radius 2 is 1.81 bits per heavy atom. The minimum Gasteiger partial charge on any atom is -0.481 e. The second-order valence-corrected chi connectivity index (χ2v) is 3.63. The average molecular weight is 224 g/mol. The fraction of sp³-hybridized carbons (Fsp3) is 0.545. The summed E-state index contributed by atoms with van der Waals surface area (Å²) in [5, 5.41) is 16.8. The summed E-state index contributed by atoms with van der Waals surface area (Å²) in [6, 6.07) is 0. The smallest absolute Gasteiger partial charge is 0.304 e. The number of carboxylic acid groups (broad SMARTS) is 2. The molecule has 5 nitrogen and oxygen atoms in total. The van der Waals surface area contributed by atoms with E-state index in [-0.39, 0.29) is 36.9 Å². The highest BCUT2D eigenvalue weighted by atomic mass is 16.4. The van der Waals surface area contributed by atoms with Crippen LogP contribution < -0.4 is 0 Å². The Balaban J connectivity index is 2.27. The molecule has 0 amide bonds. The van der Waals surface area contributed by atoms with E-state index in [1.54, 1.807) is 0 Å². The largest absolute Gasteiger partial charge is 0.481 e. The Labute approximate surface area is 92.5 Å². The van der Waals surface area contributed by atoms with Gasteiger partial charge in [-0.15, -0.1) is 5.92 Å². The molecule has 0 spiro atoms. The van der Waals surface area contributed by atoms with Crippen LogP contribution in [0, 0.1) is 23.7 Å². The summed E-state index contributed by atoms with van der Waals surface area (Å²) in [5.74, 6) is 2.82. The summed E-state index contributed by atoms with van der Waals surface area (Å²) in [6.07, 6.45) is 0.495. The summed E-state index contributed by atoms with van der Waals surface area (Å²) in [7, 11) is 0. The number of ketones is 1. The van der Waals surface area contributed by atoms with Crippen LogP contribution in [0.5, 0.6) is 0 Å². The molecule has 0 heterocycles. The van der Waals surface area contributed by atoms with E-state index >= 15 is 0 Å². The molecular formula is C11H12O5. The summed E-state index contributed by atoms with van der Waals surface area (Å²) in [6.45, 7) is 0. The van der Waals surface area contributed by atoms with Crippen molar-refractivity contribution in [1.29, 1.82) is 0 Å². The van der Waals surface area contributed by atoms with E-state index in [1.165, 1.54) is 0 Å². The van der Waals surface area contributed by atoms with Gasteiger partial charge in [0.25, 0.3) is 0 Å². The zero-order chi connectivity index (χ0) is 12.1. The molecule has 1 aliphatic rings. The van der Waals surface area contributed by atoms with Gasteiger partial charge in [0, 0.05) is 18.8 Å². The van der Waals surface area contributed by atoms with Gasteiger partial charge in [-0.05, 0) is 6.42 Å². The van der Waals surface area contributed by atoms with E-state index in [2.05, 4.69) is 11.8 Å². The van der Waals surface area contributed by atoms with Crippen LogP contribution in [0.15, 0.2) is 0 Å². The quantitative estimate of drug-likeness (QED) is 0.665. The number of aliphatic carboxylic acids is 2. The van der Waals surface area contributed by atoms with Crippen molar-refractivity contribution in [3.05, 3.63) is 0 Å². The predicted octanol–water partition coefficient (Wildman–Crippen LogP) is 0.534. The summed E-state index contributed by atoms with van der Waals surface area (Å²) >= 11 is 0. The van der Waals surface area contributed by atoms with Crippen LogP contribution in [0.3, 0.4) is 0 Å². The van der Waals surface area contributed by atoms with E-state index in [4.69, 9.17) is 10.2 Å². The monoisotopic (exact) mass is 224 g/mol. The third-order valence-electron chi connectivity index (χ3n) is 2.36. The molecule has 1 aliphatic carbocycles. The number of hydrogen-bond acceptors (Lipinski definition) is 3. The molecule has 0 bridgehead atoms. The van der Waals surface area contributed by atoms with Crippen molar-refractivity contribution in [2.75, 3.05) is 0 Å². The minimum atomic E-state index is -0.919. The molecule has 0 saturated heterocycles. The van der Waals surface area contributed by atoms with Crippen LogP contribution in [0.4, 0.5) is 0 Å². The molecule has 2 unspecified atom stereocenters. The highest BCUT2D eigenvalue weighted by Gasteiger charge is 2.47. The zero-order valence-corrected chi connectivity index (χ0v) is 8.60. The molecule has 1 rings (SSSR count). The van der Waals surface area contributed by atoms with Gasteiger partial charge in [-0.25, -0.2) is 0 Å². The number of carbonyl (C=O) groups excluding carboxylic acids is 1. The number of hydrogen-bond donors (Lipinski definition) is 2. The zero-order valence-electron chi connectivity index (χ0n) is 8.60. The molecule has 0 radical (unpaired) electrons. The Bertz CT molecular complexity index is 374. The molecule has 0 aliphatic heterocycles. The van der Waals surface area contributed by atoms with Crippen molar-refractivity contribution < 1.29 is 24.6 Å². The maximum atomic E-state index is 11.1. The van der Waals surface area contributed by atoms with Gasteiger partial charge in [-0.3, -0.25) is 14.4 Å². The van der Waals surface area contributed by atoms with Crippen molar-refractivity contribution >= 4 is 17.7 Å². The molecule has 0 aromatic rings. The van der Waals surface area contributed by atoms with Crippen molar-refractivity contribution in [2.45, 2.75) is 25.7 Å². The lowest BCUT2D eigenvalue weighted by molar-refractivity contribution is -0.138. The second kappa shape index (κ2) is 5.31. The summed E-state index contributed by atoms with van der Waals surface area (Å²) < 4.78 is 0. The minimum absolute atomic E-state index is 0.0240. The molecule has 1 fully saturated rings. The number of rotatable bonds is 5. The van der Waals surface area contributed by atoms with Crippen LogP contribution >= 0.6 is 0 Å². The van der Waals surface area contributed by atoms with Crippen LogP contribution in [0.25, 0.3) is 0 Å². The van der Waals surface area contributed by atoms with Gasteiger partial charge in [0.15, 0.2) is 5.78 Å². The van der Waals surface area contributed by atoms with E-state index < -0.39 is 11.9 Å². The molecule has 2 atom stereocenters. The Kier molecular flexibility index (Phi) is 4.06. The molecule has 86 valence electrons. The lowest BCUT2D eigenvalue weighted by Gasteiger charge is -1.88. The average Bonchev–Trinajstić information content (AvgIpc) is 2.80. The Hall–Kier alpha value is -1.83. The fourth-order valence-corrected chi connectivity index (χ4v) is 1.40. The van der Waals surface area contributed by atoms with Crippen molar-refractivity contribution in [3.63, 3.8) is 0 Å². The first-order valence-corrected chi connectivity index (χ1v) is 4.98. The Morgan fingerprint density at radius 3 is 2.38 bits per heavy atom. The molecule has 0 aromatic heterocycles. The molecule has 1 saturated carbocycles. The van der Waals surface area contributed by atoms with Crippen LogP contribution in [0.2, 0.25) is 0 Å². The van der Waals surface area contributed by atoms with Crippen molar-refractivity contribution in [2.24, 2.45) is 11.8 Å². The predicted molar refractivity (Wildman–Crippen MR) is 53.5 cm³/mol. The summed E-state index contributed by atoms with van der Waals surface area (Å²) in [5.41, 5.74) is 0. The van der Waals surface area contributed by atoms with Gasteiger partial charge in [0.1, 0.15) is 0 Å². The molecule has 0 aromatic carbocycles. The maximum Gasteiger partial charge on any atom is 0.304 e. The van der Waals surface area contributed by atoms with Crippen molar-refractivity contribution in [3.8, 4) is 11.8 Å². The fourth-order valence-electron chi connectivity index (χ4n) is 1.40. The van der Waals surface area contributed by atoms with Gasteiger partial charge >= 0.3 is 11.9 Å². The third-order valence-corrected chi connectivity index (χ3v) is 2.36. The third kappa shape index (κ3) is 3.73. The molecular weight excluding hydrogens is 212 g/mol. The number of Topliss-reactive ketones (excluding diaryl/α,β-unsaturated/α-hetero) is 1. The maximum absolute atomic E-state index is 11.1. The highest BCUT2D eigenvalue weighted by Crippen LogP contribution is 2.36. The number of carbonyl (C=O) groups is 3. The highest BCUT2D eigenvalue weighted by molar-refractivity contribution is 6.02. The lowest BCUT2D eigenvalue weighted by Crippen LogP contribution is -1.95. The second-order valence-electron chi connectivity index (χ2n) is 3.63. The van der Waals surface area contributed by atoms with Crippen LogP contribution in [0.1, 0.15) is 25.7 Å². The van der Waals surface area contributed by atoms with Gasteiger partial charge in [-0.2, -0.15) is 0 Å². The first kappa shape index (κ1) is 12.2. The van der Waals surface area contributed by atoms with E-state index in [1.807, 2.05) is 0 Å². The summed E-state index contributed by atoms with van der Waals surface area (Å²) in [4.78, 5) is 31.6. The first-order valence-electron chi connectivity index (χ1n) is 4.98.